The van der Waals surface area contributed by atoms with E-state index in [1.54, 1.807) is 19.1 Å². The van der Waals surface area contributed by atoms with Gasteiger partial charge < -0.3 is 19.9 Å². The summed E-state index contributed by atoms with van der Waals surface area (Å²) in [6.07, 6.45) is -0.198. The molecule has 4 rings (SSSR count). The van der Waals surface area contributed by atoms with Gasteiger partial charge in [0.1, 0.15) is 17.0 Å². The number of aliphatic hydroxyl groups is 2. The van der Waals surface area contributed by atoms with Crippen LogP contribution in [-0.4, -0.2) is 15.2 Å². The molecule has 158 valence electrons. The smallest absolute Gasteiger partial charge is 0.198 e. The maximum Gasteiger partial charge on any atom is 0.198 e. The fraction of sp³-hybridized carbons (Fsp3) is 0.200. The maximum atomic E-state index is 13.2. The van der Waals surface area contributed by atoms with E-state index in [0.29, 0.717) is 28.0 Å². The van der Waals surface area contributed by atoms with Gasteiger partial charge in [-0.3, -0.25) is 9.78 Å². The van der Waals surface area contributed by atoms with Crippen molar-refractivity contribution in [3.63, 3.8) is 0 Å². The highest BCUT2D eigenvalue weighted by Gasteiger charge is 2.20. The van der Waals surface area contributed by atoms with Gasteiger partial charge in [0.25, 0.3) is 0 Å². The van der Waals surface area contributed by atoms with Crippen LogP contribution in [0.4, 0.5) is 5.69 Å². The first-order chi connectivity index (χ1) is 14.9. The third kappa shape index (κ3) is 3.95. The average Bonchev–Trinajstić information content (AvgIpc) is 2.77. The molecular formula is C25H24N2O4. The number of fused-ring (bicyclic) bond motifs is 1. The number of hydrogen-bond donors (Lipinski definition) is 3. The number of nitrogens with zero attached hydrogens (tertiary/aromatic N) is 1. The molecule has 3 N–H and O–H groups in total. The molecule has 1 atom stereocenters. The lowest BCUT2D eigenvalue weighted by molar-refractivity contribution is -0.0452. The maximum absolute atomic E-state index is 13.2. The Morgan fingerprint density at radius 1 is 1.03 bits per heavy atom. The van der Waals surface area contributed by atoms with Crippen molar-refractivity contribution >= 4 is 16.7 Å². The number of anilines is 1. The monoisotopic (exact) mass is 416 g/mol. The molecule has 0 amide bonds. The second kappa shape index (κ2) is 8.34. The third-order valence-corrected chi connectivity index (χ3v) is 5.35. The zero-order valence-corrected chi connectivity index (χ0v) is 17.6. The Morgan fingerprint density at radius 2 is 1.77 bits per heavy atom. The van der Waals surface area contributed by atoms with Gasteiger partial charge in [-0.2, -0.15) is 0 Å². The van der Waals surface area contributed by atoms with Gasteiger partial charge in [-0.15, -0.1) is 0 Å². The van der Waals surface area contributed by atoms with E-state index in [-0.39, 0.29) is 17.2 Å². The Hall–Kier alpha value is -3.48. The van der Waals surface area contributed by atoms with E-state index < -0.39 is 6.29 Å². The summed E-state index contributed by atoms with van der Waals surface area (Å²) >= 11 is 0. The molecule has 0 bridgehead atoms. The normalized spacial score (nSPS) is 12.3. The van der Waals surface area contributed by atoms with Crippen molar-refractivity contribution in [2.24, 2.45) is 0 Å². The van der Waals surface area contributed by atoms with Gasteiger partial charge in [-0.25, -0.2) is 0 Å². The van der Waals surface area contributed by atoms with Crippen LogP contribution in [0.2, 0.25) is 0 Å². The Bertz CT molecular complexity index is 1300. The first-order valence-corrected chi connectivity index (χ1v) is 10.1. The van der Waals surface area contributed by atoms with Crippen LogP contribution in [0, 0.1) is 13.8 Å². The topological polar surface area (TPSA) is 95.6 Å². The minimum atomic E-state index is -1.70. The fourth-order valence-corrected chi connectivity index (χ4v) is 3.81. The number of aryl methyl sites for hydroxylation is 1. The molecule has 2 aromatic carbocycles. The molecule has 0 fully saturated rings. The second-order valence-electron chi connectivity index (χ2n) is 7.66. The van der Waals surface area contributed by atoms with Gasteiger partial charge in [0.2, 0.25) is 0 Å². The van der Waals surface area contributed by atoms with Gasteiger partial charge >= 0.3 is 0 Å². The molecule has 0 aliphatic rings. The second-order valence-corrected chi connectivity index (χ2v) is 7.66. The minimum Gasteiger partial charge on any atom is -0.455 e. The summed E-state index contributed by atoms with van der Waals surface area (Å²) < 4.78 is 6.33. The van der Waals surface area contributed by atoms with E-state index in [4.69, 9.17) is 4.42 Å². The number of rotatable bonds is 5. The molecule has 0 aliphatic carbocycles. The Kier molecular flexibility index (Phi) is 5.59. The molecule has 6 heteroatoms. The predicted molar refractivity (Wildman–Crippen MR) is 121 cm³/mol. The van der Waals surface area contributed by atoms with E-state index in [9.17, 15) is 15.0 Å². The van der Waals surface area contributed by atoms with Crippen molar-refractivity contribution in [1.82, 2.24) is 4.98 Å². The summed E-state index contributed by atoms with van der Waals surface area (Å²) in [7, 11) is 0. The predicted octanol–water partition coefficient (Wildman–Crippen LogP) is 4.63. The van der Waals surface area contributed by atoms with Crippen LogP contribution in [0.25, 0.3) is 22.3 Å². The number of pyridine rings is 1. The quantitative estimate of drug-likeness (QED) is 0.411. The molecule has 31 heavy (non-hydrogen) atoms. The fourth-order valence-electron chi connectivity index (χ4n) is 3.81. The van der Waals surface area contributed by atoms with E-state index in [2.05, 4.69) is 10.3 Å². The highest BCUT2D eigenvalue weighted by atomic mass is 16.5. The molecule has 2 aromatic heterocycles. The molecule has 2 heterocycles. The zero-order valence-electron chi connectivity index (χ0n) is 17.6. The van der Waals surface area contributed by atoms with Crippen LogP contribution < -0.4 is 10.7 Å². The third-order valence-electron chi connectivity index (χ3n) is 5.35. The summed E-state index contributed by atoms with van der Waals surface area (Å²) in [6, 6.07) is 16.5. The highest BCUT2D eigenvalue weighted by molar-refractivity contribution is 5.84. The van der Waals surface area contributed by atoms with Gasteiger partial charge in [0, 0.05) is 22.9 Å². The average molecular weight is 416 g/mol. The lowest BCUT2D eigenvalue weighted by atomic mass is 9.98. The standard InChI is InChI=1S/C25H24N2O4/c1-14-12-18(16(3)27-20-10-7-11-26-21(20)25(29)30)24-19(13-14)22(28)15(2)23(31-24)17-8-5-4-6-9-17/h4-13,16,25,27,29-30H,1-3H3/t16-/m1/s1. The van der Waals surface area contributed by atoms with Crippen LogP contribution in [0.5, 0.6) is 0 Å². The molecule has 0 saturated carbocycles. The molecule has 0 saturated heterocycles. The van der Waals surface area contributed by atoms with Crippen LogP contribution in [0.15, 0.2) is 70.0 Å². The number of benzene rings is 2. The van der Waals surface area contributed by atoms with Crippen LogP contribution in [-0.2, 0) is 0 Å². The van der Waals surface area contributed by atoms with Crippen LogP contribution >= 0.6 is 0 Å². The number of aliphatic hydroxyl groups excluding tert-OH is 1. The summed E-state index contributed by atoms with van der Waals surface area (Å²) in [5.74, 6) is 0.545. The Labute approximate surface area is 179 Å². The van der Waals surface area contributed by atoms with E-state index in [0.717, 1.165) is 16.7 Å². The highest BCUT2D eigenvalue weighted by Crippen LogP contribution is 2.32. The minimum absolute atomic E-state index is 0.0647. The van der Waals surface area contributed by atoms with Gasteiger partial charge in [-0.05, 0) is 44.5 Å². The van der Waals surface area contributed by atoms with Crippen molar-refractivity contribution in [2.45, 2.75) is 33.1 Å². The largest absolute Gasteiger partial charge is 0.455 e. The summed E-state index contributed by atoms with van der Waals surface area (Å²) in [4.78, 5) is 17.2. The van der Waals surface area contributed by atoms with Crippen LogP contribution in [0.3, 0.4) is 0 Å². The molecule has 0 unspecified atom stereocenters. The molecule has 6 nitrogen and oxygen atoms in total. The first-order valence-electron chi connectivity index (χ1n) is 10.1. The molecule has 4 aromatic rings. The lowest BCUT2D eigenvalue weighted by Crippen LogP contribution is -2.14. The van der Waals surface area contributed by atoms with Gasteiger partial charge in [0.15, 0.2) is 11.7 Å². The summed E-state index contributed by atoms with van der Waals surface area (Å²) in [5.41, 5.74) is 4.21. The SMILES string of the molecule is Cc1cc([C@@H](C)Nc2cccnc2C(O)O)c2oc(-c3ccccc3)c(C)c(=O)c2c1. The van der Waals surface area contributed by atoms with E-state index in [1.165, 1.54) is 6.20 Å². The van der Waals surface area contributed by atoms with Crippen molar-refractivity contribution in [1.29, 1.82) is 0 Å². The van der Waals surface area contributed by atoms with Gasteiger partial charge in [-0.1, -0.05) is 36.4 Å². The van der Waals surface area contributed by atoms with Crippen molar-refractivity contribution in [3.8, 4) is 11.3 Å². The van der Waals surface area contributed by atoms with E-state index >= 15 is 0 Å². The number of aromatic nitrogens is 1. The molecule has 0 aliphatic heterocycles. The summed E-state index contributed by atoms with van der Waals surface area (Å²) in [5, 5.41) is 23.1. The summed E-state index contributed by atoms with van der Waals surface area (Å²) in [6.45, 7) is 5.64. The van der Waals surface area contributed by atoms with Crippen LogP contribution in [0.1, 0.15) is 41.6 Å². The van der Waals surface area contributed by atoms with Crippen molar-refractivity contribution in [3.05, 3.63) is 93.4 Å². The first kappa shape index (κ1) is 20.8. The number of hydrogen-bond acceptors (Lipinski definition) is 6. The van der Waals surface area contributed by atoms with Crippen molar-refractivity contribution < 1.29 is 14.6 Å². The molecule has 0 spiro atoms. The Balaban J connectivity index is 1.88. The van der Waals surface area contributed by atoms with Crippen molar-refractivity contribution in [2.75, 3.05) is 5.32 Å². The van der Waals surface area contributed by atoms with E-state index in [1.807, 2.05) is 56.3 Å². The number of nitrogens with one attached hydrogen (secondary N) is 1. The van der Waals surface area contributed by atoms with Gasteiger partial charge in [0.05, 0.1) is 17.1 Å². The molecular weight excluding hydrogens is 392 g/mol. The lowest BCUT2D eigenvalue weighted by Gasteiger charge is -2.20. The molecule has 0 radical (unpaired) electrons. The Morgan fingerprint density at radius 3 is 2.48 bits per heavy atom. The zero-order chi connectivity index (χ0) is 22.1.